The number of nitrogens with zero attached hydrogens (tertiary/aromatic N) is 1. The van der Waals surface area contributed by atoms with Gasteiger partial charge < -0.3 is 14.6 Å². The Kier molecular flexibility index (Phi) is 4.39. The van der Waals surface area contributed by atoms with E-state index in [2.05, 4.69) is 20.9 Å². The molecule has 2 rings (SSSR count). The highest BCUT2D eigenvalue weighted by Crippen LogP contribution is 2.33. The van der Waals surface area contributed by atoms with Crippen LogP contribution in [0.3, 0.4) is 0 Å². The first-order valence-corrected chi connectivity index (χ1v) is 6.45. The van der Waals surface area contributed by atoms with E-state index in [1.807, 2.05) is 6.07 Å². The summed E-state index contributed by atoms with van der Waals surface area (Å²) in [5, 5.41) is 10.4. The van der Waals surface area contributed by atoms with Gasteiger partial charge in [-0.25, -0.2) is 0 Å². The van der Waals surface area contributed by atoms with E-state index in [1.54, 1.807) is 44.8 Å². The van der Waals surface area contributed by atoms with Gasteiger partial charge in [-0.15, -0.1) is 0 Å². The second kappa shape index (κ2) is 6.04. The number of benzene rings is 1. The highest BCUT2D eigenvalue weighted by Gasteiger charge is 2.16. The van der Waals surface area contributed by atoms with E-state index < -0.39 is 6.10 Å². The fraction of sp³-hybridized carbons (Fsp3) is 0.214. The van der Waals surface area contributed by atoms with Gasteiger partial charge >= 0.3 is 0 Å². The molecular weight excluding hydrogens is 310 g/mol. The summed E-state index contributed by atoms with van der Waals surface area (Å²) in [5.74, 6) is 1.26. The number of aliphatic hydroxyl groups excluding tert-OH is 1. The topological polar surface area (TPSA) is 51.6 Å². The summed E-state index contributed by atoms with van der Waals surface area (Å²) in [4.78, 5) is 4.05. The minimum Gasteiger partial charge on any atom is -0.497 e. The normalized spacial score (nSPS) is 12.0. The van der Waals surface area contributed by atoms with E-state index in [1.165, 1.54) is 0 Å². The molecule has 0 fully saturated rings. The van der Waals surface area contributed by atoms with Gasteiger partial charge in [0, 0.05) is 34.1 Å². The molecule has 19 heavy (non-hydrogen) atoms. The van der Waals surface area contributed by atoms with Crippen molar-refractivity contribution in [1.29, 1.82) is 0 Å². The number of hydrogen-bond donors (Lipinski definition) is 1. The van der Waals surface area contributed by atoms with Gasteiger partial charge in [0.05, 0.1) is 14.2 Å². The van der Waals surface area contributed by atoms with E-state index in [0.29, 0.717) is 22.6 Å². The second-order valence-electron chi connectivity index (χ2n) is 3.95. The number of aliphatic hydroxyl groups is 1. The number of methoxy groups -OCH3 is 2. The molecule has 2 aromatic rings. The van der Waals surface area contributed by atoms with Crippen LogP contribution in [0.25, 0.3) is 0 Å². The van der Waals surface area contributed by atoms with Crippen molar-refractivity contribution >= 4 is 15.9 Å². The molecule has 0 aliphatic heterocycles. The fourth-order valence-electron chi connectivity index (χ4n) is 1.80. The van der Waals surface area contributed by atoms with Crippen molar-refractivity contribution in [2.45, 2.75) is 6.10 Å². The molecule has 0 saturated carbocycles. The van der Waals surface area contributed by atoms with Gasteiger partial charge in [0.2, 0.25) is 0 Å². The van der Waals surface area contributed by atoms with Crippen LogP contribution in [-0.4, -0.2) is 24.3 Å². The van der Waals surface area contributed by atoms with Gasteiger partial charge in [0.1, 0.15) is 17.6 Å². The highest BCUT2D eigenvalue weighted by atomic mass is 79.9. The Hall–Kier alpha value is -1.59. The van der Waals surface area contributed by atoms with Crippen molar-refractivity contribution in [2.24, 2.45) is 0 Å². The maximum atomic E-state index is 10.4. The highest BCUT2D eigenvalue weighted by molar-refractivity contribution is 9.10. The summed E-state index contributed by atoms with van der Waals surface area (Å²) >= 11 is 3.34. The zero-order chi connectivity index (χ0) is 13.8. The van der Waals surface area contributed by atoms with Crippen molar-refractivity contribution in [3.05, 3.63) is 52.3 Å². The monoisotopic (exact) mass is 323 g/mol. The van der Waals surface area contributed by atoms with Crippen LogP contribution in [0.2, 0.25) is 0 Å². The Morgan fingerprint density at radius 3 is 2.58 bits per heavy atom. The van der Waals surface area contributed by atoms with E-state index >= 15 is 0 Å². The summed E-state index contributed by atoms with van der Waals surface area (Å²) in [5.41, 5.74) is 1.36. The lowest BCUT2D eigenvalue weighted by Crippen LogP contribution is -2.03. The Balaban J connectivity index is 2.40. The van der Waals surface area contributed by atoms with Gasteiger partial charge in [0.15, 0.2) is 0 Å². The van der Waals surface area contributed by atoms with Gasteiger partial charge in [0.25, 0.3) is 0 Å². The van der Waals surface area contributed by atoms with Gasteiger partial charge in [-0.2, -0.15) is 0 Å². The largest absolute Gasteiger partial charge is 0.497 e. The lowest BCUT2D eigenvalue weighted by molar-refractivity contribution is 0.214. The zero-order valence-electron chi connectivity index (χ0n) is 10.6. The van der Waals surface area contributed by atoms with Crippen LogP contribution in [0.1, 0.15) is 17.2 Å². The van der Waals surface area contributed by atoms with E-state index in [0.717, 1.165) is 4.47 Å². The van der Waals surface area contributed by atoms with Crippen LogP contribution in [0.4, 0.5) is 0 Å². The number of hydrogen-bond acceptors (Lipinski definition) is 4. The molecule has 1 unspecified atom stereocenters. The van der Waals surface area contributed by atoms with Crippen molar-refractivity contribution in [1.82, 2.24) is 4.98 Å². The third kappa shape index (κ3) is 3.05. The molecule has 0 amide bonds. The van der Waals surface area contributed by atoms with Crippen LogP contribution in [-0.2, 0) is 0 Å². The SMILES string of the molecule is COc1ccc(C(O)c2cncc(Br)c2)c(OC)c1. The first-order valence-electron chi connectivity index (χ1n) is 5.66. The summed E-state index contributed by atoms with van der Waals surface area (Å²) in [6.07, 6.45) is 2.49. The summed E-state index contributed by atoms with van der Waals surface area (Å²) in [7, 11) is 3.15. The molecule has 1 atom stereocenters. The number of ether oxygens (including phenoxy) is 2. The molecule has 0 radical (unpaired) electrons. The van der Waals surface area contributed by atoms with Crippen molar-refractivity contribution < 1.29 is 14.6 Å². The molecule has 1 N–H and O–H groups in total. The van der Waals surface area contributed by atoms with E-state index in [9.17, 15) is 5.11 Å². The van der Waals surface area contributed by atoms with Crippen LogP contribution in [0, 0.1) is 0 Å². The molecular formula is C14H14BrNO3. The maximum absolute atomic E-state index is 10.4. The standard InChI is InChI=1S/C14H14BrNO3/c1-18-11-3-4-12(13(6-11)19-2)14(17)9-5-10(15)8-16-7-9/h3-8,14,17H,1-2H3. The predicted molar refractivity (Wildman–Crippen MR) is 75.5 cm³/mol. The molecule has 0 aliphatic carbocycles. The van der Waals surface area contributed by atoms with Crippen molar-refractivity contribution in [3.63, 3.8) is 0 Å². The van der Waals surface area contributed by atoms with Crippen LogP contribution >= 0.6 is 15.9 Å². The third-order valence-corrected chi connectivity index (χ3v) is 3.21. The zero-order valence-corrected chi connectivity index (χ0v) is 12.2. The molecule has 1 heterocycles. The Morgan fingerprint density at radius 1 is 1.16 bits per heavy atom. The molecule has 0 bridgehead atoms. The Bertz CT molecular complexity index is 574. The predicted octanol–water partition coefficient (Wildman–Crippen LogP) is 2.94. The number of pyridine rings is 1. The third-order valence-electron chi connectivity index (χ3n) is 2.78. The summed E-state index contributed by atoms with van der Waals surface area (Å²) in [6, 6.07) is 7.13. The van der Waals surface area contributed by atoms with Crippen molar-refractivity contribution in [3.8, 4) is 11.5 Å². The second-order valence-corrected chi connectivity index (χ2v) is 4.86. The van der Waals surface area contributed by atoms with Crippen LogP contribution in [0.15, 0.2) is 41.1 Å². The Labute approximate surface area is 120 Å². The fourth-order valence-corrected chi connectivity index (χ4v) is 2.18. The average Bonchev–Trinajstić information content (AvgIpc) is 2.45. The molecule has 1 aromatic heterocycles. The van der Waals surface area contributed by atoms with E-state index in [4.69, 9.17) is 9.47 Å². The molecule has 0 spiro atoms. The van der Waals surface area contributed by atoms with Gasteiger partial charge in [-0.1, -0.05) is 0 Å². The summed E-state index contributed by atoms with van der Waals surface area (Å²) in [6.45, 7) is 0. The van der Waals surface area contributed by atoms with Gasteiger partial charge in [-0.05, 0) is 34.1 Å². The van der Waals surface area contributed by atoms with Crippen LogP contribution < -0.4 is 9.47 Å². The number of rotatable bonds is 4. The first-order chi connectivity index (χ1) is 9.15. The summed E-state index contributed by atoms with van der Waals surface area (Å²) < 4.78 is 11.2. The molecule has 0 saturated heterocycles. The lowest BCUT2D eigenvalue weighted by atomic mass is 10.0. The lowest BCUT2D eigenvalue weighted by Gasteiger charge is -2.16. The minimum atomic E-state index is -0.800. The minimum absolute atomic E-state index is 0.576. The molecule has 100 valence electrons. The van der Waals surface area contributed by atoms with Crippen molar-refractivity contribution in [2.75, 3.05) is 14.2 Å². The number of aromatic nitrogens is 1. The Morgan fingerprint density at radius 2 is 1.95 bits per heavy atom. The smallest absolute Gasteiger partial charge is 0.128 e. The number of halogens is 1. The molecule has 0 aliphatic rings. The van der Waals surface area contributed by atoms with E-state index in [-0.39, 0.29) is 0 Å². The molecule has 1 aromatic carbocycles. The molecule has 4 nitrogen and oxygen atoms in total. The van der Waals surface area contributed by atoms with Gasteiger partial charge in [-0.3, -0.25) is 4.98 Å². The van der Waals surface area contributed by atoms with Crippen LogP contribution in [0.5, 0.6) is 11.5 Å². The first kappa shape index (κ1) is 13.8. The quantitative estimate of drug-likeness (QED) is 0.939. The average molecular weight is 324 g/mol. The molecule has 5 heteroatoms. The maximum Gasteiger partial charge on any atom is 0.128 e.